The highest BCUT2D eigenvalue weighted by Gasteiger charge is 2.22. The number of carbonyl (C=O) groups is 1. The fourth-order valence-electron chi connectivity index (χ4n) is 2.03. The standard InChI is InChI=1S/C16H16N4OS2/c1-10(2)13-8-18-15(23-13)20(14(17)21)16-19-12(9-22-16)11-6-4-3-5-7-11/h3-10H,1-2H3,(H2,17,21). The number of rotatable bonds is 4. The molecule has 0 radical (unpaired) electrons. The summed E-state index contributed by atoms with van der Waals surface area (Å²) >= 11 is 2.83. The fraction of sp³-hybridized carbons (Fsp3) is 0.188. The van der Waals surface area contributed by atoms with Crippen molar-refractivity contribution in [2.75, 3.05) is 4.90 Å². The van der Waals surface area contributed by atoms with Gasteiger partial charge in [0.25, 0.3) is 0 Å². The maximum atomic E-state index is 11.9. The van der Waals surface area contributed by atoms with Crippen molar-refractivity contribution in [1.29, 1.82) is 0 Å². The van der Waals surface area contributed by atoms with Gasteiger partial charge in [0.2, 0.25) is 5.13 Å². The van der Waals surface area contributed by atoms with E-state index >= 15 is 0 Å². The second-order valence-corrected chi connectivity index (χ2v) is 7.13. The molecule has 0 aliphatic rings. The third kappa shape index (κ3) is 3.25. The topological polar surface area (TPSA) is 72.1 Å². The van der Waals surface area contributed by atoms with Crippen LogP contribution < -0.4 is 10.6 Å². The van der Waals surface area contributed by atoms with E-state index in [1.807, 2.05) is 35.7 Å². The molecule has 0 fully saturated rings. The van der Waals surface area contributed by atoms with Crippen LogP contribution in [0.5, 0.6) is 0 Å². The molecule has 118 valence electrons. The van der Waals surface area contributed by atoms with Gasteiger partial charge in [-0.15, -0.1) is 22.7 Å². The molecular weight excluding hydrogens is 328 g/mol. The van der Waals surface area contributed by atoms with Gasteiger partial charge in [-0.2, -0.15) is 0 Å². The van der Waals surface area contributed by atoms with Crippen LogP contribution in [0.3, 0.4) is 0 Å². The van der Waals surface area contributed by atoms with E-state index in [-0.39, 0.29) is 0 Å². The van der Waals surface area contributed by atoms with Crippen molar-refractivity contribution < 1.29 is 4.79 Å². The number of hydrogen-bond acceptors (Lipinski definition) is 5. The van der Waals surface area contributed by atoms with E-state index in [4.69, 9.17) is 5.73 Å². The molecule has 0 atom stereocenters. The zero-order valence-corrected chi connectivity index (χ0v) is 14.4. The number of anilines is 2. The van der Waals surface area contributed by atoms with Crippen molar-refractivity contribution in [2.45, 2.75) is 19.8 Å². The maximum absolute atomic E-state index is 11.9. The minimum atomic E-state index is -0.580. The molecule has 7 heteroatoms. The zero-order valence-electron chi connectivity index (χ0n) is 12.8. The second-order valence-electron chi connectivity index (χ2n) is 5.25. The number of nitrogens with zero attached hydrogens (tertiary/aromatic N) is 3. The van der Waals surface area contributed by atoms with Crippen LogP contribution in [0.4, 0.5) is 15.1 Å². The van der Waals surface area contributed by atoms with E-state index < -0.39 is 6.03 Å². The molecule has 0 aliphatic heterocycles. The number of hydrogen-bond donors (Lipinski definition) is 1. The largest absolute Gasteiger partial charge is 0.351 e. The molecule has 0 aliphatic carbocycles. The smallest absolute Gasteiger partial charge is 0.327 e. The van der Waals surface area contributed by atoms with Crippen LogP contribution in [0.25, 0.3) is 11.3 Å². The predicted molar refractivity (Wildman–Crippen MR) is 95.5 cm³/mol. The summed E-state index contributed by atoms with van der Waals surface area (Å²) in [5.74, 6) is 0.354. The summed E-state index contributed by atoms with van der Waals surface area (Å²) in [4.78, 5) is 23.2. The van der Waals surface area contributed by atoms with Gasteiger partial charge in [-0.25, -0.2) is 19.7 Å². The maximum Gasteiger partial charge on any atom is 0.327 e. The average molecular weight is 344 g/mol. The van der Waals surface area contributed by atoms with Gasteiger partial charge in [0.15, 0.2) is 5.13 Å². The Hall–Kier alpha value is -2.25. The third-order valence-corrected chi connectivity index (χ3v) is 5.35. The van der Waals surface area contributed by atoms with Crippen LogP contribution in [0.1, 0.15) is 24.6 Å². The number of nitrogens with two attached hydrogens (primary N) is 1. The second kappa shape index (κ2) is 6.47. The summed E-state index contributed by atoms with van der Waals surface area (Å²) in [6, 6.07) is 9.24. The highest BCUT2D eigenvalue weighted by Crippen LogP contribution is 2.35. The molecule has 5 nitrogen and oxygen atoms in total. The molecule has 3 aromatic rings. The van der Waals surface area contributed by atoms with Gasteiger partial charge in [-0.3, -0.25) is 0 Å². The van der Waals surface area contributed by atoms with Crippen LogP contribution in [0.2, 0.25) is 0 Å². The number of carbonyl (C=O) groups excluding carboxylic acids is 1. The van der Waals surface area contributed by atoms with Crippen LogP contribution >= 0.6 is 22.7 Å². The molecule has 2 N–H and O–H groups in total. The lowest BCUT2D eigenvalue weighted by molar-refractivity contribution is 0.256. The van der Waals surface area contributed by atoms with Gasteiger partial charge in [0.05, 0.1) is 5.69 Å². The molecule has 0 saturated carbocycles. The van der Waals surface area contributed by atoms with Crippen LogP contribution in [0.15, 0.2) is 41.9 Å². The number of aromatic nitrogens is 2. The minimum Gasteiger partial charge on any atom is -0.351 e. The van der Waals surface area contributed by atoms with Gasteiger partial charge >= 0.3 is 6.03 Å². The normalized spacial score (nSPS) is 10.9. The summed E-state index contributed by atoms with van der Waals surface area (Å²) < 4.78 is 0. The molecule has 2 aromatic heterocycles. The van der Waals surface area contributed by atoms with Crippen molar-refractivity contribution in [3.05, 3.63) is 46.8 Å². The van der Waals surface area contributed by atoms with E-state index in [1.165, 1.54) is 27.6 Å². The molecule has 1 aromatic carbocycles. The summed E-state index contributed by atoms with van der Waals surface area (Å²) in [6.07, 6.45) is 1.78. The number of benzene rings is 1. The molecule has 0 bridgehead atoms. The monoisotopic (exact) mass is 344 g/mol. The highest BCUT2D eigenvalue weighted by molar-refractivity contribution is 7.17. The first-order valence-corrected chi connectivity index (χ1v) is 8.82. The number of primary amides is 1. The lowest BCUT2D eigenvalue weighted by Crippen LogP contribution is -2.31. The van der Waals surface area contributed by atoms with Crippen molar-refractivity contribution in [3.63, 3.8) is 0 Å². The first-order chi connectivity index (χ1) is 11.1. The molecule has 0 spiro atoms. The Morgan fingerprint density at radius 1 is 1.22 bits per heavy atom. The fourth-order valence-corrected chi connectivity index (χ4v) is 3.85. The van der Waals surface area contributed by atoms with Gasteiger partial charge in [0.1, 0.15) is 0 Å². The number of urea groups is 1. The Morgan fingerprint density at radius 3 is 2.57 bits per heavy atom. The summed E-state index contributed by atoms with van der Waals surface area (Å²) in [5.41, 5.74) is 7.37. The Balaban J connectivity index is 1.96. The molecule has 2 amide bonds. The zero-order chi connectivity index (χ0) is 16.4. The molecule has 23 heavy (non-hydrogen) atoms. The Labute approximate surface area is 142 Å². The molecule has 2 heterocycles. The van der Waals surface area contributed by atoms with E-state index in [0.717, 1.165) is 16.1 Å². The first kappa shape index (κ1) is 15.6. The van der Waals surface area contributed by atoms with E-state index in [1.54, 1.807) is 6.20 Å². The van der Waals surface area contributed by atoms with Gasteiger partial charge in [-0.1, -0.05) is 44.2 Å². The Kier molecular flexibility index (Phi) is 4.40. The molecule has 3 rings (SSSR count). The number of thiazole rings is 2. The SMILES string of the molecule is CC(C)c1cnc(N(C(N)=O)c2nc(-c3ccccc3)cs2)s1. The van der Waals surface area contributed by atoms with Gasteiger partial charge in [0, 0.05) is 22.0 Å². The van der Waals surface area contributed by atoms with Gasteiger partial charge in [-0.05, 0) is 5.92 Å². The first-order valence-electron chi connectivity index (χ1n) is 7.12. The predicted octanol–water partition coefficient (Wildman–Crippen LogP) is 4.61. The molecular formula is C16H16N4OS2. The van der Waals surface area contributed by atoms with E-state index in [2.05, 4.69) is 23.8 Å². The third-order valence-electron chi connectivity index (χ3n) is 3.24. The summed E-state index contributed by atoms with van der Waals surface area (Å²) in [6.45, 7) is 4.17. The van der Waals surface area contributed by atoms with Crippen molar-refractivity contribution in [2.24, 2.45) is 5.73 Å². The van der Waals surface area contributed by atoms with Crippen LogP contribution in [-0.4, -0.2) is 16.0 Å². The molecule has 0 saturated heterocycles. The quantitative estimate of drug-likeness (QED) is 0.751. The number of amides is 2. The van der Waals surface area contributed by atoms with E-state index in [0.29, 0.717) is 16.2 Å². The minimum absolute atomic E-state index is 0.354. The molecule has 0 unspecified atom stereocenters. The lowest BCUT2D eigenvalue weighted by atomic mass is 10.2. The van der Waals surface area contributed by atoms with Crippen molar-refractivity contribution >= 4 is 39.0 Å². The van der Waals surface area contributed by atoms with E-state index in [9.17, 15) is 4.79 Å². The average Bonchev–Trinajstić information content (AvgIpc) is 3.18. The summed E-state index contributed by atoms with van der Waals surface area (Å²) in [5, 5.41) is 2.99. The Morgan fingerprint density at radius 2 is 1.96 bits per heavy atom. The lowest BCUT2D eigenvalue weighted by Gasteiger charge is -2.13. The Bertz CT molecular complexity index is 810. The van der Waals surface area contributed by atoms with Crippen molar-refractivity contribution in [1.82, 2.24) is 9.97 Å². The van der Waals surface area contributed by atoms with Crippen LogP contribution in [0, 0.1) is 0 Å². The highest BCUT2D eigenvalue weighted by atomic mass is 32.1. The van der Waals surface area contributed by atoms with Crippen molar-refractivity contribution in [3.8, 4) is 11.3 Å². The summed E-state index contributed by atoms with van der Waals surface area (Å²) in [7, 11) is 0. The van der Waals surface area contributed by atoms with Gasteiger partial charge < -0.3 is 5.73 Å². The van der Waals surface area contributed by atoms with Crippen LogP contribution in [-0.2, 0) is 0 Å².